The zero-order chi connectivity index (χ0) is 11.3. The van der Waals surface area contributed by atoms with E-state index in [1.165, 1.54) is 0 Å². The molecule has 1 atom stereocenters. The molecule has 1 aromatic heterocycles. The lowest BCUT2D eigenvalue weighted by Gasteiger charge is -2.12. The monoisotopic (exact) mass is 230 g/mol. The van der Waals surface area contributed by atoms with Gasteiger partial charge in [0.05, 0.1) is 25.1 Å². The van der Waals surface area contributed by atoms with E-state index in [4.69, 9.17) is 9.15 Å². The second-order valence-electron chi connectivity index (χ2n) is 3.69. The van der Waals surface area contributed by atoms with Crippen LogP contribution < -0.4 is 0 Å². The Morgan fingerprint density at radius 1 is 1.53 bits per heavy atom. The summed E-state index contributed by atoms with van der Waals surface area (Å²) in [5.74, 6) is 1.53. The second kappa shape index (κ2) is 6.20. The first-order chi connectivity index (χ1) is 7.09. The lowest BCUT2D eigenvalue weighted by Crippen LogP contribution is -2.20. The molecule has 0 fully saturated rings. The van der Waals surface area contributed by atoms with E-state index >= 15 is 0 Å². The summed E-state index contributed by atoms with van der Waals surface area (Å²) in [6, 6.07) is 1.91. The number of hydrogen-bond donors (Lipinski definition) is 1. The van der Waals surface area contributed by atoms with Gasteiger partial charge in [0.25, 0.3) is 0 Å². The third-order valence-corrected chi connectivity index (χ3v) is 3.15. The Labute approximate surface area is 94.8 Å². The Bertz CT molecular complexity index is 283. The van der Waals surface area contributed by atoms with Crippen molar-refractivity contribution < 1.29 is 14.3 Å². The molecule has 0 saturated carbocycles. The standard InChI is InChI=1S/C11H18O3S/c1-8(2)14-6-10(12)7-15-11-4-5-13-9(11)3/h4-5,8,10,12H,6-7H2,1-3H3. The fourth-order valence-electron chi connectivity index (χ4n) is 1.06. The molecule has 1 N–H and O–H groups in total. The van der Waals surface area contributed by atoms with Crippen molar-refractivity contribution in [2.24, 2.45) is 0 Å². The number of furan rings is 1. The van der Waals surface area contributed by atoms with Crippen LogP contribution >= 0.6 is 11.8 Å². The highest BCUT2D eigenvalue weighted by atomic mass is 32.2. The Balaban J connectivity index is 2.22. The van der Waals surface area contributed by atoms with Crippen LogP contribution in [0.5, 0.6) is 0 Å². The first-order valence-corrected chi connectivity index (χ1v) is 6.04. The summed E-state index contributed by atoms with van der Waals surface area (Å²) in [6.45, 7) is 6.22. The van der Waals surface area contributed by atoms with E-state index in [1.54, 1.807) is 18.0 Å². The van der Waals surface area contributed by atoms with Crippen molar-refractivity contribution in [1.29, 1.82) is 0 Å². The van der Waals surface area contributed by atoms with Gasteiger partial charge in [-0.1, -0.05) is 0 Å². The molecule has 86 valence electrons. The average Bonchev–Trinajstić information content (AvgIpc) is 2.58. The van der Waals surface area contributed by atoms with Crippen molar-refractivity contribution in [2.75, 3.05) is 12.4 Å². The molecule has 1 rings (SSSR count). The number of aryl methyl sites for hydroxylation is 1. The molecule has 3 nitrogen and oxygen atoms in total. The highest BCUT2D eigenvalue weighted by Gasteiger charge is 2.08. The number of thioether (sulfide) groups is 1. The molecule has 0 saturated heterocycles. The highest BCUT2D eigenvalue weighted by molar-refractivity contribution is 7.99. The van der Waals surface area contributed by atoms with Crippen molar-refractivity contribution in [2.45, 2.75) is 37.9 Å². The first-order valence-electron chi connectivity index (χ1n) is 5.06. The van der Waals surface area contributed by atoms with Crippen LogP contribution in [0, 0.1) is 6.92 Å². The SMILES string of the molecule is Cc1occc1SCC(O)COC(C)C. The van der Waals surface area contributed by atoms with Gasteiger partial charge in [-0.05, 0) is 26.8 Å². The molecule has 1 heterocycles. The van der Waals surface area contributed by atoms with Gasteiger partial charge in [-0.2, -0.15) is 0 Å². The van der Waals surface area contributed by atoms with Crippen molar-refractivity contribution in [3.63, 3.8) is 0 Å². The van der Waals surface area contributed by atoms with Crippen LogP contribution in [0.2, 0.25) is 0 Å². The molecule has 0 aliphatic carbocycles. The summed E-state index contributed by atoms with van der Waals surface area (Å²) < 4.78 is 10.5. The molecule has 0 spiro atoms. The minimum Gasteiger partial charge on any atom is -0.468 e. The van der Waals surface area contributed by atoms with Gasteiger partial charge in [-0.25, -0.2) is 0 Å². The Kier molecular flexibility index (Phi) is 5.22. The summed E-state index contributed by atoms with van der Waals surface area (Å²) in [6.07, 6.45) is 1.40. The van der Waals surface area contributed by atoms with Crippen LogP contribution in [0.3, 0.4) is 0 Å². The van der Waals surface area contributed by atoms with Crippen LogP contribution in [0.25, 0.3) is 0 Å². The van der Waals surface area contributed by atoms with Gasteiger partial charge < -0.3 is 14.3 Å². The number of ether oxygens (including phenoxy) is 1. The minimum absolute atomic E-state index is 0.167. The molecular weight excluding hydrogens is 212 g/mol. The topological polar surface area (TPSA) is 42.6 Å². The number of rotatable bonds is 6. The van der Waals surface area contributed by atoms with Crippen LogP contribution in [0.4, 0.5) is 0 Å². The van der Waals surface area contributed by atoms with Gasteiger partial charge in [-0.15, -0.1) is 11.8 Å². The van der Waals surface area contributed by atoms with Crippen LogP contribution in [0.15, 0.2) is 21.6 Å². The maximum Gasteiger partial charge on any atom is 0.114 e. The fraction of sp³-hybridized carbons (Fsp3) is 0.636. The van der Waals surface area contributed by atoms with Gasteiger partial charge in [-0.3, -0.25) is 0 Å². The molecule has 1 unspecified atom stereocenters. The smallest absolute Gasteiger partial charge is 0.114 e. The number of aliphatic hydroxyl groups excluding tert-OH is 1. The van der Waals surface area contributed by atoms with E-state index < -0.39 is 6.10 Å². The summed E-state index contributed by atoms with van der Waals surface area (Å²) >= 11 is 1.59. The summed E-state index contributed by atoms with van der Waals surface area (Å²) in [7, 11) is 0. The maximum absolute atomic E-state index is 9.61. The molecule has 0 radical (unpaired) electrons. The predicted octanol–water partition coefficient (Wildman–Crippen LogP) is 2.47. The Hall–Kier alpha value is -0.450. The highest BCUT2D eigenvalue weighted by Crippen LogP contribution is 2.23. The van der Waals surface area contributed by atoms with Crippen LogP contribution in [-0.2, 0) is 4.74 Å². The van der Waals surface area contributed by atoms with Crippen LogP contribution in [-0.4, -0.2) is 29.7 Å². The van der Waals surface area contributed by atoms with Gasteiger partial charge >= 0.3 is 0 Å². The van der Waals surface area contributed by atoms with Gasteiger partial charge in [0.2, 0.25) is 0 Å². The molecule has 0 bridgehead atoms. The van der Waals surface area contributed by atoms with E-state index in [1.807, 2.05) is 26.8 Å². The zero-order valence-corrected chi connectivity index (χ0v) is 10.2. The van der Waals surface area contributed by atoms with E-state index in [9.17, 15) is 5.11 Å². The van der Waals surface area contributed by atoms with Crippen molar-refractivity contribution >= 4 is 11.8 Å². The van der Waals surface area contributed by atoms with Crippen molar-refractivity contribution in [3.8, 4) is 0 Å². The quantitative estimate of drug-likeness (QED) is 0.762. The second-order valence-corrected chi connectivity index (χ2v) is 4.75. The average molecular weight is 230 g/mol. The van der Waals surface area contributed by atoms with Gasteiger partial charge in [0.15, 0.2) is 0 Å². The lowest BCUT2D eigenvalue weighted by atomic mass is 10.4. The van der Waals surface area contributed by atoms with Crippen LogP contribution in [0.1, 0.15) is 19.6 Å². The van der Waals surface area contributed by atoms with Gasteiger partial charge in [0.1, 0.15) is 5.76 Å². The largest absolute Gasteiger partial charge is 0.468 e. The zero-order valence-electron chi connectivity index (χ0n) is 9.40. The molecule has 1 aromatic rings. The van der Waals surface area contributed by atoms with E-state index in [0.717, 1.165) is 10.7 Å². The molecular formula is C11H18O3S. The van der Waals surface area contributed by atoms with Crippen molar-refractivity contribution in [1.82, 2.24) is 0 Å². The van der Waals surface area contributed by atoms with E-state index in [-0.39, 0.29) is 6.10 Å². The van der Waals surface area contributed by atoms with E-state index in [0.29, 0.717) is 12.4 Å². The molecule has 0 aromatic carbocycles. The normalized spacial score (nSPS) is 13.4. The van der Waals surface area contributed by atoms with Crippen molar-refractivity contribution in [3.05, 3.63) is 18.1 Å². The molecule has 0 aliphatic rings. The molecule has 15 heavy (non-hydrogen) atoms. The molecule has 0 aliphatic heterocycles. The molecule has 0 amide bonds. The number of hydrogen-bond acceptors (Lipinski definition) is 4. The summed E-state index contributed by atoms with van der Waals surface area (Å²) in [5, 5.41) is 9.61. The van der Waals surface area contributed by atoms with Gasteiger partial charge in [0, 0.05) is 10.6 Å². The lowest BCUT2D eigenvalue weighted by molar-refractivity contribution is 0.0152. The Morgan fingerprint density at radius 2 is 2.27 bits per heavy atom. The first kappa shape index (κ1) is 12.6. The van der Waals surface area contributed by atoms with E-state index in [2.05, 4.69) is 0 Å². The third-order valence-electron chi connectivity index (χ3n) is 1.86. The maximum atomic E-state index is 9.61. The molecule has 4 heteroatoms. The number of aliphatic hydroxyl groups is 1. The minimum atomic E-state index is -0.424. The predicted molar refractivity (Wildman–Crippen MR) is 61.3 cm³/mol. The summed E-state index contributed by atoms with van der Waals surface area (Å²) in [5.41, 5.74) is 0. The summed E-state index contributed by atoms with van der Waals surface area (Å²) in [4.78, 5) is 1.08. The Morgan fingerprint density at radius 3 is 2.80 bits per heavy atom. The fourth-order valence-corrected chi connectivity index (χ4v) is 1.93. The third kappa shape index (κ3) is 4.73.